The van der Waals surface area contributed by atoms with Gasteiger partial charge in [-0.2, -0.15) is 0 Å². The van der Waals surface area contributed by atoms with Crippen LogP contribution < -0.4 is 14.8 Å². The fourth-order valence-corrected chi connectivity index (χ4v) is 1.61. The molecule has 108 valence electrons. The van der Waals surface area contributed by atoms with E-state index in [9.17, 15) is 14.4 Å². The first-order chi connectivity index (χ1) is 9.40. The fraction of sp³-hybridized carbons (Fsp3) is 0.308. The second-order valence-corrected chi connectivity index (χ2v) is 4.09. The lowest BCUT2D eigenvalue weighted by atomic mass is 9.91. The molecule has 0 heterocycles. The highest BCUT2D eigenvalue weighted by atomic mass is 16.5. The molecule has 1 amide bonds. The van der Waals surface area contributed by atoms with Crippen molar-refractivity contribution in [1.82, 2.24) is 5.32 Å². The van der Waals surface area contributed by atoms with Gasteiger partial charge in [0.1, 0.15) is 0 Å². The topological polar surface area (TPSA) is 102 Å². The number of aliphatic carboxylic acids is 1. The van der Waals surface area contributed by atoms with Crippen LogP contribution in [0.2, 0.25) is 0 Å². The monoisotopic (exact) mass is 281 g/mol. The lowest BCUT2D eigenvalue weighted by Gasteiger charge is -2.22. The Bertz CT molecular complexity index is 542. The number of ketones is 1. The van der Waals surface area contributed by atoms with Crippen LogP contribution in [0.25, 0.3) is 0 Å². The van der Waals surface area contributed by atoms with Crippen molar-refractivity contribution in [1.29, 1.82) is 0 Å². The third kappa shape index (κ3) is 2.71. The van der Waals surface area contributed by atoms with Crippen LogP contribution in [0.3, 0.4) is 0 Å². The zero-order chi connectivity index (χ0) is 15.3. The Kier molecular flexibility index (Phi) is 4.68. The zero-order valence-electron chi connectivity index (χ0n) is 11.3. The molecule has 0 unspecified atom stereocenters. The first kappa shape index (κ1) is 15.5. The lowest BCUT2D eigenvalue weighted by molar-refractivity contribution is -0.143. The van der Waals surface area contributed by atoms with Crippen LogP contribution in [0.5, 0.6) is 11.5 Å². The molecule has 2 N–H and O–H groups in total. The van der Waals surface area contributed by atoms with E-state index >= 15 is 0 Å². The van der Waals surface area contributed by atoms with Crippen molar-refractivity contribution in [2.24, 2.45) is 0 Å². The number of benzene rings is 1. The summed E-state index contributed by atoms with van der Waals surface area (Å²) in [7, 11) is 2.83. The third-order valence-electron chi connectivity index (χ3n) is 2.88. The number of carbonyl (C=O) groups is 3. The van der Waals surface area contributed by atoms with Crippen molar-refractivity contribution in [2.75, 3.05) is 14.2 Å². The van der Waals surface area contributed by atoms with Gasteiger partial charge in [0.2, 0.25) is 6.41 Å². The summed E-state index contributed by atoms with van der Waals surface area (Å²) in [6.45, 7) is 1.11. The minimum atomic E-state index is -2.04. The Morgan fingerprint density at radius 2 is 1.85 bits per heavy atom. The summed E-state index contributed by atoms with van der Waals surface area (Å²) in [6, 6.07) is 4.24. The van der Waals surface area contributed by atoms with Crippen molar-refractivity contribution in [3.05, 3.63) is 23.8 Å². The van der Waals surface area contributed by atoms with Crippen molar-refractivity contribution >= 4 is 18.2 Å². The molecule has 7 nitrogen and oxygen atoms in total. The van der Waals surface area contributed by atoms with Crippen LogP contribution in [-0.2, 0) is 9.59 Å². The molecule has 0 aromatic heterocycles. The van der Waals surface area contributed by atoms with Crippen molar-refractivity contribution < 1.29 is 29.0 Å². The van der Waals surface area contributed by atoms with Crippen LogP contribution in [0.1, 0.15) is 17.3 Å². The lowest BCUT2D eigenvalue weighted by Crippen LogP contribution is -2.55. The molecular weight excluding hydrogens is 266 g/mol. The molecule has 0 aliphatic carbocycles. The van der Waals surface area contributed by atoms with Gasteiger partial charge in [0, 0.05) is 5.56 Å². The number of carboxylic acids is 1. The van der Waals surface area contributed by atoms with E-state index in [0.717, 1.165) is 6.92 Å². The molecule has 0 spiro atoms. The zero-order valence-corrected chi connectivity index (χ0v) is 11.3. The number of nitrogens with one attached hydrogen (secondary N) is 1. The Morgan fingerprint density at radius 1 is 1.25 bits per heavy atom. The van der Waals surface area contributed by atoms with Gasteiger partial charge in [-0.1, -0.05) is 0 Å². The Labute approximate surface area is 115 Å². The average molecular weight is 281 g/mol. The summed E-state index contributed by atoms with van der Waals surface area (Å²) in [6.07, 6.45) is 0.173. The molecule has 0 saturated heterocycles. The van der Waals surface area contributed by atoms with Gasteiger partial charge in [-0.25, -0.2) is 4.79 Å². The predicted molar refractivity (Wildman–Crippen MR) is 69.1 cm³/mol. The summed E-state index contributed by atoms with van der Waals surface area (Å²) in [5.74, 6) is -1.52. The van der Waals surface area contributed by atoms with E-state index in [1.54, 1.807) is 0 Å². The molecule has 0 aliphatic rings. The van der Waals surface area contributed by atoms with E-state index in [0.29, 0.717) is 5.75 Å². The number of Topliss-reactive ketones (excluding diaryl/α,β-unsaturated/α-hetero) is 1. The van der Waals surface area contributed by atoms with Gasteiger partial charge in [0.25, 0.3) is 0 Å². The van der Waals surface area contributed by atoms with Gasteiger partial charge in [-0.3, -0.25) is 9.59 Å². The van der Waals surface area contributed by atoms with Gasteiger partial charge in [-0.15, -0.1) is 0 Å². The molecular formula is C13H15NO6. The highest BCUT2D eigenvalue weighted by molar-refractivity contribution is 6.16. The molecule has 1 rings (SSSR count). The van der Waals surface area contributed by atoms with Gasteiger partial charge in [-0.05, 0) is 25.1 Å². The van der Waals surface area contributed by atoms with Gasteiger partial charge >= 0.3 is 5.97 Å². The molecule has 0 bridgehead atoms. The third-order valence-corrected chi connectivity index (χ3v) is 2.88. The molecule has 20 heavy (non-hydrogen) atoms. The largest absolute Gasteiger partial charge is 0.493 e. The van der Waals surface area contributed by atoms with Gasteiger partial charge in [0.15, 0.2) is 22.8 Å². The summed E-state index contributed by atoms with van der Waals surface area (Å²) < 4.78 is 10.1. The molecule has 7 heteroatoms. The number of carbonyl (C=O) groups excluding carboxylic acids is 2. The first-order valence-corrected chi connectivity index (χ1v) is 5.62. The number of hydrogen-bond acceptors (Lipinski definition) is 5. The molecule has 0 saturated carbocycles. The summed E-state index contributed by atoms with van der Waals surface area (Å²) >= 11 is 0. The van der Waals surface area contributed by atoms with Gasteiger partial charge < -0.3 is 19.9 Å². The van der Waals surface area contributed by atoms with Gasteiger partial charge in [0.05, 0.1) is 14.2 Å². The normalized spacial score (nSPS) is 12.9. The van der Waals surface area contributed by atoms with E-state index in [-0.39, 0.29) is 17.7 Å². The maximum absolute atomic E-state index is 12.3. The van der Waals surface area contributed by atoms with Crippen LogP contribution >= 0.6 is 0 Å². The smallest absolute Gasteiger partial charge is 0.337 e. The fourth-order valence-electron chi connectivity index (χ4n) is 1.61. The summed E-state index contributed by atoms with van der Waals surface area (Å²) in [4.78, 5) is 34.0. The maximum atomic E-state index is 12.3. The predicted octanol–water partition coefficient (Wildman–Crippen LogP) is 0.476. The van der Waals surface area contributed by atoms with Crippen LogP contribution in [-0.4, -0.2) is 43.0 Å². The minimum absolute atomic E-state index is 0.0851. The van der Waals surface area contributed by atoms with Crippen molar-refractivity contribution in [2.45, 2.75) is 12.5 Å². The molecule has 0 aliphatic heterocycles. The first-order valence-electron chi connectivity index (χ1n) is 5.62. The van der Waals surface area contributed by atoms with Crippen molar-refractivity contribution in [3.63, 3.8) is 0 Å². The number of amides is 1. The summed E-state index contributed by atoms with van der Waals surface area (Å²) in [5, 5.41) is 11.1. The van der Waals surface area contributed by atoms with E-state index in [1.165, 1.54) is 32.4 Å². The Balaban J connectivity index is 3.26. The van der Waals surface area contributed by atoms with Crippen molar-refractivity contribution in [3.8, 4) is 11.5 Å². The number of hydrogen-bond donors (Lipinski definition) is 2. The molecule has 0 fully saturated rings. The highest BCUT2D eigenvalue weighted by Crippen LogP contribution is 2.29. The Morgan fingerprint density at radius 3 is 2.30 bits per heavy atom. The van der Waals surface area contributed by atoms with Crippen LogP contribution in [0.4, 0.5) is 0 Å². The summed E-state index contributed by atoms with van der Waals surface area (Å²) in [5.41, 5.74) is -1.96. The number of rotatable bonds is 7. The SMILES string of the molecule is COc1ccc(C(=O)[C@](C)(NC=O)C(=O)O)cc1OC. The van der Waals surface area contributed by atoms with E-state index in [2.05, 4.69) is 0 Å². The minimum Gasteiger partial charge on any atom is -0.493 e. The number of ether oxygens (including phenoxy) is 2. The molecule has 1 atom stereocenters. The highest BCUT2D eigenvalue weighted by Gasteiger charge is 2.41. The van der Waals surface area contributed by atoms with E-state index in [1.807, 2.05) is 5.32 Å². The second-order valence-electron chi connectivity index (χ2n) is 4.09. The molecule has 0 radical (unpaired) electrons. The van der Waals surface area contributed by atoms with E-state index < -0.39 is 17.3 Å². The van der Waals surface area contributed by atoms with Crippen LogP contribution in [0.15, 0.2) is 18.2 Å². The Hall–Kier alpha value is -2.57. The maximum Gasteiger partial charge on any atom is 0.337 e. The quantitative estimate of drug-likeness (QED) is 0.428. The van der Waals surface area contributed by atoms with Crippen LogP contribution in [0, 0.1) is 0 Å². The number of methoxy groups -OCH3 is 2. The molecule has 1 aromatic rings. The number of carboxylic acid groups (broad SMARTS) is 1. The standard InChI is InChI=1S/C13H15NO6/c1-13(12(17)18,14-7-15)11(16)8-4-5-9(19-2)10(6-8)20-3/h4-7H,1-3H3,(H,14,15)(H,17,18)/t13-/m0/s1. The second kappa shape index (κ2) is 6.05. The molecule has 1 aromatic carbocycles. The average Bonchev–Trinajstić information content (AvgIpc) is 2.45. The van der Waals surface area contributed by atoms with E-state index in [4.69, 9.17) is 14.6 Å².